The van der Waals surface area contributed by atoms with Crippen LogP contribution in [0.5, 0.6) is 5.75 Å². The van der Waals surface area contributed by atoms with Crippen LogP contribution in [0.4, 0.5) is 5.69 Å². The van der Waals surface area contributed by atoms with Crippen molar-refractivity contribution in [1.82, 2.24) is 4.98 Å². The third-order valence-electron chi connectivity index (χ3n) is 1.46. The molecule has 0 amide bonds. The van der Waals surface area contributed by atoms with Gasteiger partial charge in [-0.05, 0) is 0 Å². The Balaban J connectivity index is 0.000000195. The smallest absolute Gasteiger partial charge is 0.394 e. The molecule has 0 spiro atoms. The van der Waals surface area contributed by atoms with Gasteiger partial charge in [-0.25, -0.2) is 0 Å². The fraction of sp³-hybridized carbons (Fsp3) is 0.286. The molecule has 0 unspecified atom stereocenters. The van der Waals surface area contributed by atoms with E-state index in [0.29, 0.717) is 0 Å². The minimum Gasteiger partial charge on any atom is -0.489 e. The van der Waals surface area contributed by atoms with Crippen LogP contribution in [0.15, 0.2) is 18.5 Å². The molecule has 8 heteroatoms. The first-order valence-corrected chi connectivity index (χ1v) is 5.37. The van der Waals surface area contributed by atoms with E-state index in [0.717, 1.165) is 24.6 Å². The molecule has 0 bridgehead atoms. The van der Waals surface area contributed by atoms with E-state index >= 15 is 0 Å². The lowest BCUT2D eigenvalue weighted by Crippen LogP contribution is -2.17. The number of hydrogen-bond donors (Lipinski definition) is 3. The van der Waals surface area contributed by atoms with Gasteiger partial charge >= 0.3 is 10.4 Å². The van der Waals surface area contributed by atoms with Crippen LogP contribution in [-0.4, -0.2) is 35.7 Å². The van der Waals surface area contributed by atoms with Crippen LogP contribution < -0.4 is 10.1 Å². The SMILES string of the molecule is O=S(=O)(O)O.c1cc2c(cn1)NCCO2. The lowest BCUT2D eigenvalue weighted by atomic mass is 10.3. The number of anilines is 1. The van der Waals surface area contributed by atoms with Crippen LogP contribution in [0, 0.1) is 0 Å². The van der Waals surface area contributed by atoms with Gasteiger partial charge in [0.2, 0.25) is 0 Å². The van der Waals surface area contributed by atoms with Gasteiger partial charge in [-0.3, -0.25) is 14.1 Å². The van der Waals surface area contributed by atoms with Crippen molar-refractivity contribution >= 4 is 16.1 Å². The predicted molar refractivity (Wildman–Crippen MR) is 52.4 cm³/mol. The summed E-state index contributed by atoms with van der Waals surface area (Å²) in [7, 11) is -4.67. The van der Waals surface area contributed by atoms with E-state index in [1.54, 1.807) is 12.4 Å². The average Bonchev–Trinajstić information content (AvgIpc) is 2.16. The number of ether oxygens (including phenoxy) is 1. The topological polar surface area (TPSA) is 109 Å². The van der Waals surface area contributed by atoms with Gasteiger partial charge in [0, 0.05) is 18.8 Å². The molecule has 84 valence electrons. The highest BCUT2D eigenvalue weighted by molar-refractivity contribution is 7.79. The van der Waals surface area contributed by atoms with Crippen molar-refractivity contribution in [2.75, 3.05) is 18.5 Å². The molecule has 0 aliphatic carbocycles. The molecule has 7 nitrogen and oxygen atoms in total. The number of nitrogens with one attached hydrogen (secondary N) is 1. The van der Waals surface area contributed by atoms with Gasteiger partial charge < -0.3 is 10.1 Å². The maximum atomic E-state index is 8.74. The Kier molecular flexibility index (Phi) is 3.83. The van der Waals surface area contributed by atoms with Crippen molar-refractivity contribution in [1.29, 1.82) is 0 Å². The van der Waals surface area contributed by atoms with Crippen LogP contribution in [0.25, 0.3) is 0 Å². The first kappa shape index (κ1) is 11.7. The van der Waals surface area contributed by atoms with Gasteiger partial charge in [0.1, 0.15) is 12.4 Å². The van der Waals surface area contributed by atoms with E-state index in [-0.39, 0.29) is 0 Å². The van der Waals surface area contributed by atoms with Gasteiger partial charge in [-0.2, -0.15) is 8.42 Å². The summed E-state index contributed by atoms with van der Waals surface area (Å²) >= 11 is 0. The van der Waals surface area contributed by atoms with E-state index in [9.17, 15) is 0 Å². The molecule has 0 radical (unpaired) electrons. The average molecular weight is 234 g/mol. The van der Waals surface area contributed by atoms with E-state index in [4.69, 9.17) is 22.3 Å². The van der Waals surface area contributed by atoms with E-state index in [1.165, 1.54) is 0 Å². The Morgan fingerprint density at radius 1 is 1.47 bits per heavy atom. The molecular formula is C7H10N2O5S. The molecule has 1 aliphatic rings. The lowest BCUT2D eigenvalue weighted by Gasteiger charge is -2.17. The van der Waals surface area contributed by atoms with E-state index < -0.39 is 10.4 Å². The van der Waals surface area contributed by atoms with Gasteiger partial charge in [0.25, 0.3) is 0 Å². The minimum atomic E-state index is -4.67. The second kappa shape index (κ2) is 4.91. The van der Waals surface area contributed by atoms with Crippen molar-refractivity contribution in [3.05, 3.63) is 18.5 Å². The Labute approximate surface area is 86.7 Å². The zero-order chi connectivity index (χ0) is 11.3. The number of nitrogens with zero attached hydrogens (tertiary/aromatic N) is 1. The standard InChI is InChI=1S/C7H8N2O.H2O4S/c1-2-8-5-6-7(1)10-4-3-9-6;1-5(2,3)4/h1-2,5,9H,3-4H2;(H2,1,2,3,4). The van der Waals surface area contributed by atoms with Crippen molar-refractivity contribution < 1.29 is 22.3 Å². The van der Waals surface area contributed by atoms with Crippen molar-refractivity contribution in [3.63, 3.8) is 0 Å². The molecule has 0 saturated heterocycles. The Hall–Kier alpha value is -1.38. The summed E-state index contributed by atoms with van der Waals surface area (Å²) in [5.41, 5.74) is 0.994. The third-order valence-corrected chi connectivity index (χ3v) is 1.46. The Bertz CT molecular complexity index is 386. The molecule has 1 aliphatic heterocycles. The first-order chi connectivity index (χ1) is 6.97. The first-order valence-electron chi connectivity index (χ1n) is 3.97. The van der Waals surface area contributed by atoms with E-state index in [2.05, 4.69) is 10.3 Å². The number of fused-ring (bicyclic) bond motifs is 1. The molecular weight excluding hydrogens is 224 g/mol. The summed E-state index contributed by atoms with van der Waals surface area (Å²) in [6.07, 6.45) is 3.50. The molecule has 15 heavy (non-hydrogen) atoms. The highest BCUT2D eigenvalue weighted by atomic mass is 32.3. The summed E-state index contributed by atoms with van der Waals surface area (Å²) < 4.78 is 36.9. The molecule has 2 heterocycles. The number of hydrogen-bond acceptors (Lipinski definition) is 5. The van der Waals surface area contributed by atoms with Gasteiger partial charge in [-0.15, -0.1) is 0 Å². The second-order valence-electron chi connectivity index (χ2n) is 2.59. The lowest BCUT2D eigenvalue weighted by molar-refractivity contribution is 0.323. The van der Waals surface area contributed by atoms with Crippen LogP contribution in [0.1, 0.15) is 0 Å². The summed E-state index contributed by atoms with van der Waals surface area (Å²) in [4.78, 5) is 3.96. The second-order valence-corrected chi connectivity index (χ2v) is 3.49. The molecule has 0 saturated carbocycles. The fourth-order valence-electron chi connectivity index (χ4n) is 0.987. The monoisotopic (exact) mass is 234 g/mol. The normalized spacial score (nSPS) is 13.7. The predicted octanol–water partition coefficient (Wildman–Crippen LogP) is 0.233. The van der Waals surface area contributed by atoms with Crippen LogP contribution in [0.3, 0.4) is 0 Å². The number of rotatable bonds is 0. The molecule has 1 aromatic heterocycles. The van der Waals surface area contributed by atoms with Crippen LogP contribution >= 0.6 is 0 Å². The minimum absolute atomic E-state index is 0.747. The number of pyridine rings is 1. The van der Waals surface area contributed by atoms with Crippen molar-refractivity contribution in [3.8, 4) is 5.75 Å². The highest BCUT2D eigenvalue weighted by Gasteiger charge is 2.06. The highest BCUT2D eigenvalue weighted by Crippen LogP contribution is 2.24. The van der Waals surface area contributed by atoms with Gasteiger partial charge in [0.05, 0.1) is 11.9 Å². The van der Waals surface area contributed by atoms with Gasteiger partial charge in [-0.1, -0.05) is 0 Å². The van der Waals surface area contributed by atoms with Gasteiger partial charge in [0.15, 0.2) is 0 Å². The molecule has 2 rings (SSSR count). The quantitative estimate of drug-likeness (QED) is 0.551. The summed E-state index contributed by atoms with van der Waals surface area (Å²) in [5.74, 6) is 0.904. The zero-order valence-electron chi connectivity index (χ0n) is 7.62. The zero-order valence-corrected chi connectivity index (χ0v) is 8.44. The Morgan fingerprint density at radius 2 is 2.13 bits per heavy atom. The summed E-state index contributed by atoms with van der Waals surface area (Å²) in [5, 5.41) is 3.18. The van der Waals surface area contributed by atoms with Crippen molar-refractivity contribution in [2.45, 2.75) is 0 Å². The summed E-state index contributed by atoms with van der Waals surface area (Å²) in [6, 6.07) is 1.86. The largest absolute Gasteiger partial charge is 0.489 e. The molecule has 0 atom stereocenters. The van der Waals surface area contributed by atoms with Crippen molar-refractivity contribution in [2.24, 2.45) is 0 Å². The third kappa shape index (κ3) is 5.15. The number of aromatic nitrogens is 1. The van der Waals surface area contributed by atoms with E-state index in [1.807, 2.05) is 6.07 Å². The maximum Gasteiger partial charge on any atom is 0.394 e. The molecule has 3 N–H and O–H groups in total. The maximum absolute atomic E-state index is 8.74. The molecule has 0 fully saturated rings. The molecule has 0 aromatic carbocycles. The van der Waals surface area contributed by atoms with Crippen LogP contribution in [0.2, 0.25) is 0 Å². The fourth-order valence-corrected chi connectivity index (χ4v) is 0.987. The summed E-state index contributed by atoms with van der Waals surface area (Å²) in [6.45, 7) is 1.62. The molecule has 1 aromatic rings. The van der Waals surface area contributed by atoms with Crippen LogP contribution in [-0.2, 0) is 10.4 Å². The Morgan fingerprint density at radius 3 is 2.73 bits per heavy atom.